The van der Waals surface area contributed by atoms with Gasteiger partial charge in [0.05, 0.1) is 19.2 Å². The van der Waals surface area contributed by atoms with Gasteiger partial charge in [-0.15, -0.1) is 0 Å². The molecule has 0 aliphatic heterocycles. The Hall–Kier alpha value is -1.20. The van der Waals surface area contributed by atoms with Crippen LogP contribution in [0.3, 0.4) is 0 Å². The maximum Gasteiger partial charge on any atom is 0.237 e. The number of amides is 1. The largest absolute Gasteiger partial charge is 0.497 e. The van der Waals surface area contributed by atoms with Crippen molar-refractivity contribution in [2.45, 2.75) is 31.3 Å². The Bertz CT molecular complexity index is 460. The number of hydrogen-bond acceptors (Lipinski definition) is 4. The molecule has 0 heterocycles. The second kappa shape index (κ2) is 7.71. The zero-order valence-electron chi connectivity index (χ0n) is 12.7. The predicted octanol–water partition coefficient (Wildman–Crippen LogP) is 2.34. The van der Waals surface area contributed by atoms with Crippen molar-refractivity contribution >= 4 is 17.7 Å². The zero-order valence-corrected chi connectivity index (χ0v) is 13.5. The fourth-order valence-corrected chi connectivity index (χ4v) is 2.84. The SMILES string of the molecule is COc1ccc(C(NC(=O)[C@@H](N)CCSC)C2CC2)cc1. The maximum atomic E-state index is 12.2. The van der Waals surface area contributed by atoms with E-state index in [0.717, 1.165) is 29.9 Å². The van der Waals surface area contributed by atoms with Crippen molar-refractivity contribution in [2.75, 3.05) is 19.1 Å². The minimum Gasteiger partial charge on any atom is -0.497 e. The molecule has 5 heteroatoms. The number of rotatable bonds is 8. The number of methoxy groups -OCH3 is 1. The molecule has 0 radical (unpaired) electrons. The van der Waals surface area contributed by atoms with E-state index in [1.165, 1.54) is 0 Å². The summed E-state index contributed by atoms with van der Waals surface area (Å²) in [5, 5.41) is 3.13. The van der Waals surface area contributed by atoms with Gasteiger partial charge in [-0.1, -0.05) is 12.1 Å². The smallest absolute Gasteiger partial charge is 0.237 e. The number of thioether (sulfide) groups is 1. The highest BCUT2D eigenvalue weighted by atomic mass is 32.2. The second-order valence-electron chi connectivity index (χ2n) is 5.48. The summed E-state index contributed by atoms with van der Waals surface area (Å²) in [7, 11) is 1.65. The summed E-state index contributed by atoms with van der Waals surface area (Å²) in [6.07, 6.45) is 5.07. The summed E-state index contributed by atoms with van der Waals surface area (Å²) in [5.41, 5.74) is 7.08. The topological polar surface area (TPSA) is 64.3 Å². The number of benzene rings is 1. The first-order valence-corrected chi connectivity index (χ1v) is 8.74. The van der Waals surface area contributed by atoms with Gasteiger partial charge in [0.2, 0.25) is 5.91 Å². The van der Waals surface area contributed by atoms with Gasteiger partial charge in [-0.3, -0.25) is 4.79 Å². The van der Waals surface area contributed by atoms with Crippen LogP contribution in [0.15, 0.2) is 24.3 Å². The van der Waals surface area contributed by atoms with Crippen molar-refractivity contribution in [3.05, 3.63) is 29.8 Å². The molecule has 1 saturated carbocycles. The first-order chi connectivity index (χ1) is 10.2. The molecule has 2 atom stereocenters. The van der Waals surface area contributed by atoms with Gasteiger partial charge >= 0.3 is 0 Å². The fraction of sp³-hybridized carbons (Fsp3) is 0.562. The van der Waals surface area contributed by atoms with Crippen LogP contribution in [0.1, 0.15) is 30.9 Å². The monoisotopic (exact) mass is 308 g/mol. The summed E-state index contributed by atoms with van der Waals surface area (Å²) in [6.45, 7) is 0. The van der Waals surface area contributed by atoms with Crippen LogP contribution < -0.4 is 15.8 Å². The maximum absolute atomic E-state index is 12.2. The number of nitrogens with one attached hydrogen (secondary N) is 1. The van der Waals surface area contributed by atoms with Crippen LogP contribution in [0.2, 0.25) is 0 Å². The standard InChI is InChI=1S/C16H24N2O2S/c1-20-13-7-5-12(6-8-13)15(11-3-4-11)18-16(19)14(17)9-10-21-2/h5-8,11,14-15H,3-4,9-10,17H2,1-2H3,(H,18,19)/t14-,15?/m0/s1. The van der Waals surface area contributed by atoms with E-state index in [2.05, 4.69) is 5.32 Å². The van der Waals surface area contributed by atoms with E-state index in [4.69, 9.17) is 10.5 Å². The summed E-state index contributed by atoms with van der Waals surface area (Å²) >= 11 is 1.71. The molecule has 1 aliphatic carbocycles. The highest BCUT2D eigenvalue weighted by Gasteiger charge is 2.34. The Morgan fingerprint density at radius 1 is 1.43 bits per heavy atom. The van der Waals surface area contributed by atoms with Gasteiger partial charge in [0.15, 0.2) is 0 Å². The molecule has 116 valence electrons. The average Bonchev–Trinajstić information content (AvgIpc) is 3.34. The van der Waals surface area contributed by atoms with Crippen molar-refractivity contribution in [3.8, 4) is 5.75 Å². The molecular formula is C16H24N2O2S. The van der Waals surface area contributed by atoms with E-state index < -0.39 is 6.04 Å². The third-order valence-electron chi connectivity index (χ3n) is 3.84. The molecule has 1 amide bonds. The summed E-state index contributed by atoms with van der Waals surface area (Å²) in [5.74, 6) is 2.23. The molecule has 0 saturated heterocycles. The minimum absolute atomic E-state index is 0.0447. The number of hydrogen-bond donors (Lipinski definition) is 2. The molecule has 4 nitrogen and oxygen atoms in total. The molecule has 1 unspecified atom stereocenters. The van der Waals surface area contributed by atoms with E-state index in [9.17, 15) is 4.79 Å². The fourth-order valence-electron chi connectivity index (χ4n) is 2.35. The Balaban J connectivity index is 2.00. The van der Waals surface area contributed by atoms with Gasteiger partial charge < -0.3 is 15.8 Å². The molecule has 2 rings (SSSR count). The van der Waals surface area contributed by atoms with E-state index in [1.54, 1.807) is 18.9 Å². The van der Waals surface area contributed by atoms with Crippen molar-refractivity contribution in [1.82, 2.24) is 5.32 Å². The summed E-state index contributed by atoms with van der Waals surface area (Å²) in [4.78, 5) is 12.2. The third kappa shape index (κ3) is 4.64. The first-order valence-electron chi connectivity index (χ1n) is 7.34. The lowest BCUT2D eigenvalue weighted by Crippen LogP contribution is -2.43. The van der Waals surface area contributed by atoms with Crippen LogP contribution >= 0.6 is 11.8 Å². The quantitative estimate of drug-likeness (QED) is 0.774. The lowest BCUT2D eigenvalue weighted by Gasteiger charge is -2.21. The van der Waals surface area contributed by atoms with E-state index in [1.807, 2.05) is 30.5 Å². The van der Waals surface area contributed by atoms with E-state index in [-0.39, 0.29) is 11.9 Å². The Morgan fingerprint density at radius 3 is 2.62 bits per heavy atom. The number of carbonyl (C=O) groups excluding carboxylic acids is 1. The lowest BCUT2D eigenvalue weighted by molar-refractivity contribution is -0.123. The second-order valence-corrected chi connectivity index (χ2v) is 6.47. The zero-order chi connectivity index (χ0) is 15.2. The number of ether oxygens (including phenoxy) is 1. The predicted molar refractivity (Wildman–Crippen MR) is 87.6 cm³/mol. The molecule has 0 spiro atoms. The van der Waals surface area contributed by atoms with Crippen molar-refractivity contribution in [2.24, 2.45) is 11.7 Å². The molecular weight excluding hydrogens is 284 g/mol. The number of nitrogens with two attached hydrogens (primary N) is 1. The van der Waals surface area contributed by atoms with Crippen LogP contribution in [0.25, 0.3) is 0 Å². The molecule has 3 N–H and O–H groups in total. The molecule has 1 fully saturated rings. The molecule has 1 aromatic rings. The van der Waals surface area contributed by atoms with Gasteiger partial charge in [0.1, 0.15) is 5.75 Å². The summed E-state index contributed by atoms with van der Waals surface area (Å²) in [6, 6.07) is 7.57. The lowest BCUT2D eigenvalue weighted by atomic mass is 10.0. The van der Waals surface area contributed by atoms with Crippen LogP contribution in [0.5, 0.6) is 5.75 Å². The summed E-state index contributed by atoms with van der Waals surface area (Å²) < 4.78 is 5.18. The average molecular weight is 308 g/mol. The molecule has 1 aromatic carbocycles. The van der Waals surface area contributed by atoms with Gasteiger partial charge in [-0.2, -0.15) is 11.8 Å². The van der Waals surface area contributed by atoms with E-state index >= 15 is 0 Å². The van der Waals surface area contributed by atoms with Crippen LogP contribution in [-0.2, 0) is 4.79 Å². The van der Waals surface area contributed by atoms with Gasteiger partial charge in [-0.25, -0.2) is 0 Å². The van der Waals surface area contributed by atoms with Gasteiger partial charge in [0.25, 0.3) is 0 Å². The van der Waals surface area contributed by atoms with Crippen molar-refractivity contribution in [1.29, 1.82) is 0 Å². The van der Waals surface area contributed by atoms with Gasteiger partial charge in [-0.05, 0) is 54.9 Å². The van der Waals surface area contributed by atoms with Crippen molar-refractivity contribution in [3.63, 3.8) is 0 Å². The van der Waals surface area contributed by atoms with Crippen LogP contribution in [0, 0.1) is 5.92 Å². The third-order valence-corrected chi connectivity index (χ3v) is 4.48. The van der Waals surface area contributed by atoms with Crippen molar-refractivity contribution < 1.29 is 9.53 Å². The highest BCUT2D eigenvalue weighted by molar-refractivity contribution is 7.98. The highest BCUT2D eigenvalue weighted by Crippen LogP contribution is 2.41. The minimum atomic E-state index is -0.419. The Kier molecular flexibility index (Phi) is 5.94. The first kappa shape index (κ1) is 16.2. The molecule has 21 heavy (non-hydrogen) atoms. The van der Waals surface area contributed by atoms with Crippen LogP contribution in [0.4, 0.5) is 0 Å². The molecule has 0 aromatic heterocycles. The molecule has 0 bridgehead atoms. The Morgan fingerprint density at radius 2 is 2.10 bits per heavy atom. The number of carbonyl (C=O) groups is 1. The van der Waals surface area contributed by atoms with E-state index in [0.29, 0.717) is 12.3 Å². The van der Waals surface area contributed by atoms with Crippen LogP contribution in [-0.4, -0.2) is 31.1 Å². The normalized spacial score (nSPS) is 17.1. The van der Waals surface area contributed by atoms with Gasteiger partial charge in [0, 0.05) is 0 Å². The molecule has 1 aliphatic rings. The Labute approximate surface area is 130 Å².